The van der Waals surface area contributed by atoms with Crippen LogP contribution in [0.1, 0.15) is 39.5 Å². The van der Waals surface area contributed by atoms with Gasteiger partial charge in [-0.2, -0.15) is 15.4 Å². The molecule has 6 atom stereocenters. The summed E-state index contributed by atoms with van der Waals surface area (Å²) in [5.41, 5.74) is 4.41. The van der Waals surface area contributed by atoms with Gasteiger partial charge in [0.05, 0.1) is 12.3 Å². The van der Waals surface area contributed by atoms with Crippen molar-refractivity contribution in [1.29, 1.82) is 5.26 Å². The third-order valence-electron chi connectivity index (χ3n) is 6.39. The number of nitrogens with two attached hydrogens (primary N) is 1. The molecule has 1 unspecified atom stereocenters. The Bertz CT molecular complexity index is 1610. The van der Waals surface area contributed by atoms with Gasteiger partial charge in [0.1, 0.15) is 42.4 Å². The Morgan fingerprint density at radius 3 is 2.52 bits per heavy atom. The average Bonchev–Trinajstić information content (AvgIpc) is 3.53. The highest BCUT2D eigenvalue weighted by atomic mass is 31.2. The van der Waals surface area contributed by atoms with Crippen LogP contribution in [-0.2, 0) is 42.4 Å². The van der Waals surface area contributed by atoms with E-state index in [-0.39, 0.29) is 23.9 Å². The van der Waals surface area contributed by atoms with Crippen LogP contribution in [0.5, 0.6) is 5.75 Å². The largest absolute Gasteiger partial charge is 0.465 e. The number of hydrogen-bond donors (Lipinski definition) is 2. The Morgan fingerprint density at radius 1 is 1.18 bits per heavy atom. The number of para-hydroxylation sites is 1. The summed E-state index contributed by atoms with van der Waals surface area (Å²) >= 11 is 0. The van der Waals surface area contributed by atoms with Crippen LogP contribution in [0.3, 0.4) is 0 Å². The van der Waals surface area contributed by atoms with Gasteiger partial charge in [0.15, 0.2) is 18.0 Å². The number of nitriles is 1. The summed E-state index contributed by atoms with van der Waals surface area (Å²) in [7, 11) is -4.49. The Balaban J connectivity index is 1.74. The van der Waals surface area contributed by atoms with Gasteiger partial charge in [0.2, 0.25) is 5.60 Å². The quantitative estimate of drug-likeness (QED) is 0.167. The molecule has 3 N–H and O–H groups in total. The average molecular weight is 631 g/mol. The molecule has 2 aromatic heterocycles. The number of nitrogens with zero attached hydrogens (tertiary/aromatic N) is 4. The molecule has 0 bridgehead atoms. The zero-order chi connectivity index (χ0) is 32.1. The maximum absolute atomic E-state index is 14.1. The molecule has 0 radical (unpaired) electrons. The normalized spacial score (nSPS) is 23.2. The van der Waals surface area contributed by atoms with E-state index in [2.05, 4.69) is 15.2 Å². The molecule has 3 heterocycles. The number of nitrogen functional groups attached to an aromatic ring is 1. The second-order valence-corrected chi connectivity index (χ2v) is 11.3. The van der Waals surface area contributed by atoms with Crippen molar-refractivity contribution in [2.75, 3.05) is 18.9 Å². The lowest BCUT2D eigenvalue weighted by Crippen LogP contribution is -2.49. The van der Waals surface area contributed by atoms with Crippen LogP contribution in [0.15, 0.2) is 48.8 Å². The van der Waals surface area contributed by atoms with Crippen LogP contribution in [0.25, 0.3) is 5.52 Å². The van der Waals surface area contributed by atoms with Gasteiger partial charge in [0, 0.05) is 13.8 Å². The number of nitrogens with one attached hydrogen (secondary N) is 1. The number of fused-ring (bicyclic) bond motifs is 1. The number of carbonyl (C=O) groups excluding carboxylic acids is 3. The molecule has 0 amide bonds. The highest BCUT2D eigenvalue weighted by molar-refractivity contribution is 7.52. The van der Waals surface area contributed by atoms with E-state index < -0.39 is 62.2 Å². The van der Waals surface area contributed by atoms with Crippen molar-refractivity contribution in [3.05, 3.63) is 54.5 Å². The SMILES string of the molecule is CCOC(=O)[C@H](C)NP(=O)(OC[C@@]1(C#N)O[C@@H](c2ccc3c(N)ncnn23)[C@H](OC(C)=O)[C@@H]1OC(C)=O)Oc1ccccc1. The zero-order valence-corrected chi connectivity index (χ0v) is 25.1. The second kappa shape index (κ2) is 13.4. The highest BCUT2D eigenvalue weighted by Crippen LogP contribution is 2.49. The van der Waals surface area contributed by atoms with Crippen molar-refractivity contribution in [2.45, 2.75) is 57.6 Å². The predicted molar refractivity (Wildman–Crippen MR) is 151 cm³/mol. The van der Waals surface area contributed by atoms with E-state index in [1.807, 2.05) is 6.07 Å². The molecule has 1 saturated heterocycles. The first kappa shape index (κ1) is 32.4. The molecule has 4 rings (SSSR count). The van der Waals surface area contributed by atoms with Gasteiger partial charge in [-0.3, -0.25) is 18.9 Å². The molecular formula is C27H31N6O10P. The molecule has 16 nitrogen and oxygen atoms in total. The summed E-state index contributed by atoms with van der Waals surface area (Å²) in [6, 6.07) is 11.9. The topological polar surface area (TPSA) is 216 Å². The van der Waals surface area contributed by atoms with Crippen molar-refractivity contribution >= 4 is 37.0 Å². The van der Waals surface area contributed by atoms with E-state index in [0.717, 1.165) is 13.8 Å². The minimum absolute atomic E-state index is 0.0644. The van der Waals surface area contributed by atoms with Gasteiger partial charge >= 0.3 is 25.7 Å². The molecule has 1 fully saturated rings. The number of benzene rings is 1. The van der Waals surface area contributed by atoms with Gasteiger partial charge in [-0.25, -0.2) is 14.1 Å². The summed E-state index contributed by atoms with van der Waals surface area (Å²) in [4.78, 5) is 40.8. The minimum atomic E-state index is -4.49. The number of esters is 3. The fourth-order valence-electron chi connectivity index (χ4n) is 4.54. The van der Waals surface area contributed by atoms with Crippen LogP contribution in [0.4, 0.5) is 5.82 Å². The van der Waals surface area contributed by atoms with Crippen molar-refractivity contribution < 1.29 is 46.9 Å². The fraction of sp³-hybridized carbons (Fsp3) is 0.407. The second-order valence-electron chi connectivity index (χ2n) is 9.62. The summed E-state index contributed by atoms with van der Waals surface area (Å²) in [5.74, 6) is -2.09. The van der Waals surface area contributed by atoms with Gasteiger partial charge in [-0.1, -0.05) is 18.2 Å². The first-order valence-electron chi connectivity index (χ1n) is 13.4. The minimum Gasteiger partial charge on any atom is -0.465 e. The van der Waals surface area contributed by atoms with Crippen molar-refractivity contribution in [2.24, 2.45) is 0 Å². The van der Waals surface area contributed by atoms with Crippen molar-refractivity contribution in [3.63, 3.8) is 0 Å². The van der Waals surface area contributed by atoms with Crippen molar-refractivity contribution in [3.8, 4) is 11.8 Å². The van der Waals surface area contributed by atoms with Gasteiger partial charge < -0.3 is 29.2 Å². The standard InChI is InChI=1S/C27H31N6O10P/c1-5-38-26(36)16(2)32-44(37,43-19-9-7-6-8-10-19)39-14-27(13-28)24(41-18(4)35)23(40-17(3)34)22(42-27)20-11-12-21-25(29)30-15-31-33(20)21/h6-12,15-16,22-24H,5,14H2,1-4H3,(H,32,37)(H2,29,30,31)/t16-,22-,23-,24-,27+,44?/m0/s1. The van der Waals surface area contributed by atoms with E-state index in [1.54, 1.807) is 37.3 Å². The van der Waals surface area contributed by atoms with Crippen LogP contribution in [-0.4, -0.2) is 69.6 Å². The lowest BCUT2D eigenvalue weighted by molar-refractivity contribution is -0.166. The number of rotatable bonds is 12. The summed E-state index contributed by atoms with van der Waals surface area (Å²) in [6.45, 7) is 4.43. The highest BCUT2D eigenvalue weighted by Gasteiger charge is 2.62. The van der Waals surface area contributed by atoms with Crippen LogP contribution >= 0.6 is 7.75 Å². The molecule has 0 spiro atoms. The zero-order valence-electron chi connectivity index (χ0n) is 24.2. The predicted octanol–water partition coefficient (Wildman–Crippen LogP) is 2.25. The summed E-state index contributed by atoms with van der Waals surface area (Å²) in [5, 5.41) is 17.2. The summed E-state index contributed by atoms with van der Waals surface area (Å²) < 4.78 is 49.0. The number of anilines is 1. The lowest BCUT2D eigenvalue weighted by Gasteiger charge is -2.30. The molecule has 1 aliphatic rings. The van der Waals surface area contributed by atoms with Crippen LogP contribution in [0.2, 0.25) is 0 Å². The molecular weight excluding hydrogens is 599 g/mol. The Labute approximate surface area is 251 Å². The monoisotopic (exact) mass is 630 g/mol. The lowest BCUT2D eigenvalue weighted by atomic mass is 9.95. The molecule has 234 valence electrons. The van der Waals surface area contributed by atoms with Crippen LogP contribution < -0.4 is 15.3 Å². The maximum atomic E-state index is 14.1. The summed E-state index contributed by atoms with van der Waals surface area (Å²) in [6.07, 6.45) is -3.05. The molecule has 44 heavy (non-hydrogen) atoms. The van der Waals surface area contributed by atoms with Gasteiger partial charge in [-0.05, 0) is 38.1 Å². The smallest absolute Gasteiger partial charge is 0.459 e. The molecule has 0 aliphatic carbocycles. The number of hydrogen-bond acceptors (Lipinski definition) is 14. The van der Waals surface area contributed by atoms with E-state index in [1.165, 1.54) is 29.9 Å². The molecule has 17 heteroatoms. The first-order valence-corrected chi connectivity index (χ1v) is 14.9. The first-order chi connectivity index (χ1) is 20.9. The van der Waals surface area contributed by atoms with E-state index >= 15 is 0 Å². The Morgan fingerprint density at radius 2 is 1.89 bits per heavy atom. The third-order valence-corrected chi connectivity index (χ3v) is 8.01. The van der Waals surface area contributed by atoms with E-state index in [4.69, 9.17) is 33.7 Å². The van der Waals surface area contributed by atoms with E-state index in [0.29, 0.717) is 5.52 Å². The number of carbonyl (C=O) groups is 3. The fourth-order valence-corrected chi connectivity index (χ4v) is 6.07. The Kier molecular flexibility index (Phi) is 9.85. The van der Waals surface area contributed by atoms with E-state index in [9.17, 15) is 24.2 Å². The van der Waals surface area contributed by atoms with Gasteiger partial charge in [-0.15, -0.1) is 0 Å². The van der Waals surface area contributed by atoms with Crippen LogP contribution in [0, 0.1) is 11.3 Å². The number of aromatic nitrogens is 3. The third kappa shape index (κ3) is 6.98. The number of ether oxygens (including phenoxy) is 4. The molecule has 0 saturated carbocycles. The molecule has 1 aromatic carbocycles. The van der Waals surface area contributed by atoms with Crippen molar-refractivity contribution in [1.82, 2.24) is 19.7 Å². The Hall–Kier alpha value is -4.55. The molecule has 1 aliphatic heterocycles. The molecule has 3 aromatic rings. The maximum Gasteiger partial charge on any atom is 0.459 e. The van der Waals surface area contributed by atoms with Gasteiger partial charge in [0.25, 0.3) is 0 Å².